The van der Waals surface area contributed by atoms with E-state index in [4.69, 9.17) is 5.84 Å². The Bertz CT molecular complexity index is 515. The van der Waals surface area contributed by atoms with Gasteiger partial charge in [-0.25, -0.2) is 4.98 Å². The molecule has 2 heterocycles. The molecule has 86 valence electrons. The van der Waals surface area contributed by atoms with Crippen LogP contribution in [0.1, 0.15) is 10.4 Å². The highest BCUT2D eigenvalue weighted by molar-refractivity contribution is 6.07. The molecule has 0 saturated heterocycles. The van der Waals surface area contributed by atoms with Crippen molar-refractivity contribution in [3.05, 3.63) is 42.6 Å². The first kappa shape index (κ1) is 11.0. The van der Waals surface area contributed by atoms with E-state index in [0.717, 1.165) is 0 Å². The lowest BCUT2D eigenvalue weighted by molar-refractivity contribution is 0.102. The van der Waals surface area contributed by atoms with Gasteiger partial charge in [-0.2, -0.15) is 0 Å². The Morgan fingerprint density at radius 1 is 1.18 bits per heavy atom. The van der Waals surface area contributed by atoms with Gasteiger partial charge in [0.1, 0.15) is 0 Å². The van der Waals surface area contributed by atoms with Crippen LogP contribution in [0.15, 0.2) is 37.1 Å². The summed E-state index contributed by atoms with van der Waals surface area (Å²) in [5.74, 6) is 5.31. The van der Waals surface area contributed by atoms with Gasteiger partial charge in [0.05, 0.1) is 17.4 Å². The van der Waals surface area contributed by atoms with Gasteiger partial charge in [0, 0.05) is 24.8 Å². The van der Waals surface area contributed by atoms with Crippen LogP contribution in [-0.2, 0) is 0 Å². The van der Waals surface area contributed by atoms with E-state index >= 15 is 0 Å². The number of carbonyl (C=O) groups excluding carboxylic acids is 1. The number of nitrogen functional groups attached to an aromatic ring is 1. The number of amides is 1. The second kappa shape index (κ2) is 4.99. The minimum atomic E-state index is -0.355. The summed E-state index contributed by atoms with van der Waals surface area (Å²) in [5, 5.41) is 2.58. The topological polar surface area (TPSA) is 106 Å². The van der Waals surface area contributed by atoms with E-state index in [1.54, 1.807) is 6.07 Å². The van der Waals surface area contributed by atoms with Crippen molar-refractivity contribution in [1.29, 1.82) is 0 Å². The third-order valence-corrected chi connectivity index (χ3v) is 2.03. The molecule has 0 fully saturated rings. The zero-order valence-electron chi connectivity index (χ0n) is 8.79. The van der Waals surface area contributed by atoms with Crippen molar-refractivity contribution in [3.8, 4) is 0 Å². The van der Waals surface area contributed by atoms with Crippen molar-refractivity contribution in [2.75, 3.05) is 10.7 Å². The number of hydrogen-bond acceptors (Lipinski definition) is 6. The summed E-state index contributed by atoms with van der Waals surface area (Å²) < 4.78 is 0. The van der Waals surface area contributed by atoms with E-state index in [-0.39, 0.29) is 5.91 Å². The Labute approximate surface area is 97.1 Å². The zero-order valence-corrected chi connectivity index (χ0v) is 8.79. The van der Waals surface area contributed by atoms with Crippen LogP contribution in [0, 0.1) is 0 Å². The van der Waals surface area contributed by atoms with Crippen molar-refractivity contribution >= 4 is 17.4 Å². The van der Waals surface area contributed by atoms with E-state index in [9.17, 15) is 4.79 Å². The molecule has 0 saturated carbocycles. The lowest BCUT2D eigenvalue weighted by atomic mass is 10.2. The van der Waals surface area contributed by atoms with Crippen LogP contribution in [0.5, 0.6) is 0 Å². The second-order valence-electron chi connectivity index (χ2n) is 3.11. The molecule has 1 amide bonds. The van der Waals surface area contributed by atoms with Gasteiger partial charge in [0.2, 0.25) is 0 Å². The third kappa shape index (κ3) is 2.52. The summed E-state index contributed by atoms with van der Waals surface area (Å²) in [6.07, 6.45) is 7.41. The van der Waals surface area contributed by atoms with Gasteiger partial charge in [-0.3, -0.25) is 20.6 Å². The van der Waals surface area contributed by atoms with Gasteiger partial charge < -0.3 is 10.7 Å². The Kier molecular flexibility index (Phi) is 3.22. The lowest BCUT2D eigenvalue weighted by Crippen LogP contribution is -2.18. The number of aromatic nitrogens is 3. The highest BCUT2D eigenvalue weighted by Gasteiger charge is 2.11. The number of anilines is 2. The predicted molar refractivity (Wildman–Crippen MR) is 62.0 cm³/mol. The Morgan fingerprint density at radius 3 is 2.71 bits per heavy atom. The van der Waals surface area contributed by atoms with Crippen molar-refractivity contribution in [2.24, 2.45) is 5.84 Å². The minimum absolute atomic E-state index is 0.334. The molecule has 7 heteroatoms. The first-order valence-corrected chi connectivity index (χ1v) is 4.79. The van der Waals surface area contributed by atoms with Crippen LogP contribution in [0.4, 0.5) is 11.5 Å². The SMILES string of the molecule is NNc1ccncc1C(=O)Nc1cnccn1. The fourth-order valence-electron chi connectivity index (χ4n) is 1.25. The van der Waals surface area contributed by atoms with Crippen LogP contribution in [0.2, 0.25) is 0 Å². The summed E-state index contributed by atoms with van der Waals surface area (Å²) in [5.41, 5.74) is 3.25. The van der Waals surface area contributed by atoms with Gasteiger partial charge in [0.15, 0.2) is 5.82 Å². The number of rotatable bonds is 3. The summed E-state index contributed by atoms with van der Waals surface area (Å²) in [6.45, 7) is 0. The van der Waals surface area contributed by atoms with Crippen LogP contribution < -0.4 is 16.6 Å². The van der Waals surface area contributed by atoms with Crippen LogP contribution in [-0.4, -0.2) is 20.9 Å². The van der Waals surface area contributed by atoms with E-state index in [2.05, 4.69) is 25.7 Å². The van der Waals surface area contributed by atoms with E-state index in [1.807, 2.05) is 0 Å². The number of nitrogens with one attached hydrogen (secondary N) is 2. The van der Waals surface area contributed by atoms with Gasteiger partial charge in [-0.05, 0) is 6.07 Å². The number of hydrazine groups is 1. The molecule has 0 aliphatic heterocycles. The van der Waals surface area contributed by atoms with Crippen LogP contribution in [0.25, 0.3) is 0 Å². The quantitative estimate of drug-likeness (QED) is 0.521. The zero-order chi connectivity index (χ0) is 12.1. The predicted octanol–water partition coefficient (Wildman–Crippen LogP) is 0.409. The molecule has 0 aliphatic rings. The second-order valence-corrected chi connectivity index (χ2v) is 3.11. The standard InChI is InChI=1S/C10H10N6O/c11-16-8-1-2-12-5-7(8)10(17)15-9-6-13-3-4-14-9/h1-6H,11H2,(H,12,16)(H,14,15,17). The van der Waals surface area contributed by atoms with Crippen LogP contribution in [0.3, 0.4) is 0 Å². The molecular weight excluding hydrogens is 220 g/mol. The third-order valence-electron chi connectivity index (χ3n) is 2.03. The number of nitrogens with two attached hydrogens (primary N) is 1. The van der Waals surface area contributed by atoms with Crippen LogP contribution >= 0.6 is 0 Å². The van der Waals surface area contributed by atoms with E-state index in [0.29, 0.717) is 17.1 Å². The number of nitrogens with zero attached hydrogens (tertiary/aromatic N) is 3. The molecule has 17 heavy (non-hydrogen) atoms. The molecule has 2 rings (SSSR count). The van der Waals surface area contributed by atoms with Crippen molar-refractivity contribution in [3.63, 3.8) is 0 Å². The highest BCUT2D eigenvalue weighted by atomic mass is 16.1. The molecule has 0 unspecified atom stereocenters. The monoisotopic (exact) mass is 230 g/mol. The minimum Gasteiger partial charge on any atom is -0.323 e. The summed E-state index contributed by atoms with van der Waals surface area (Å²) in [4.78, 5) is 23.5. The van der Waals surface area contributed by atoms with Gasteiger partial charge in [0.25, 0.3) is 5.91 Å². The molecule has 0 aromatic carbocycles. The Hall–Kier alpha value is -2.54. The van der Waals surface area contributed by atoms with Crippen molar-refractivity contribution in [2.45, 2.75) is 0 Å². The largest absolute Gasteiger partial charge is 0.323 e. The van der Waals surface area contributed by atoms with E-state index in [1.165, 1.54) is 31.0 Å². The molecule has 0 spiro atoms. The van der Waals surface area contributed by atoms with Gasteiger partial charge in [-0.1, -0.05) is 0 Å². The maximum atomic E-state index is 11.9. The fourth-order valence-corrected chi connectivity index (χ4v) is 1.25. The fraction of sp³-hybridized carbons (Fsp3) is 0. The van der Waals surface area contributed by atoms with Crippen molar-refractivity contribution in [1.82, 2.24) is 15.0 Å². The summed E-state index contributed by atoms with van der Waals surface area (Å²) in [6, 6.07) is 1.60. The van der Waals surface area contributed by atoms with Crippen molar-refractivity contribution < 1.29 is 4.79 Å². The molecule has 4 N–H and O–H groups in total. The maximum Gasteiger partial charge on any atom is 0.260 e. The van der Waals surface area contributed by atoms with Gasteiger partial charge >= 0.3 is 0 Å². The van der Waals surface area contributed by atoms with E-state index < -0.39 is 0 Å². The Balaban J connectivity index is 2.20. The maximum absolute atomic E-state index is 11.9. The Morgan fingerprint density at radius 2 is 2.00 bits per heavy atom. The summed E-state index contributed by atoms with van der Waals surface area (Å²) >= 11 is 0. The van der Waals surface area contributed by atoms with Gasteiger partial charge in [-0.15, -0.1) is 0 Å². The first-order valence-electron chi connectivity index (χ1n) is 4.79. The molecule has 0 atom stereocenters. The molecule has 0 aliphatic carbocycles. The molecule has 7 nitrogen and oxygen atoms in total. The molecule has 2 aromatic rings. The number of carbonyl (C=O) groups is 1. The average Bonchev–Trinajstić information content (AvgIpc) is 2.40. The smallest absolute Gasteiger partial charge is 0.260 e. The molecule has 0 radical (unpaired) electrons. The molecule has 2 aromatic heterocycles. The normalized spacial score (nSPS) is 9.71. The first-order chi connectivity index (χ1) is 8.31. The molecular formula is C10H10N6O. The number of hydrogen-bond donors (Lipinski definition) is 3. The summed E-state index contributed by atoms with van der Waals surface area (Å²) in [7, 11) is 0. The molecule has 0 bridgehead atoms. The average molecular weight is 230 g/mol. The highest BCUT2D eigenvalue weighted by Crippen LogP contribution is 2.13. The number of pyridine rings is 1. The lowest BCUT2D eigenvalue weighted by Gasteiger charge is -2.07.